The van der Waals surface area contributed by atoms with E-state index in [2.05, 4.69) is 6.58 Å². The summed E-state index contributed by atoms with van der Waals surface area (Å²) in [4.78, 5) is 23.5. The van der Waals surface area contributed by atoms with Crippen LogP contribution in [-0.4, -0.2) is 23.3 Å². The van der Waals surface area contributed by atoms with Gasteiger partial charge < -0.3 is 0 Å². The molecule has 0 fully saturated rings. The van der Waals surface area contributed by atoms with E-state index < -0.39 is 11.8 Å². The molecule has 3 nitrogen and oxygen atoms in total. The minimum absolute atomic E-state index is 0.198. The van der Waals surface area contributed by atoms with Crippen LogP contribution in [0.3, 0.4) is 0 Å². The standard InChI is InChI=1S/C8H7Cl2NO2/c1-2-3-4-11-7(12)5(9)6(10)8(11)13/h2H,1,3-4H2. The van der Waals surface area contributed by atoms with Gasteiger partial charge in [-0.15, -0.1) is 6.58 Å². The smallest absolute Gasteiger partial charge is 0.272 e. The Bertz CT molecular complexity index is 285. The van der Waals surface area contributed by atoms with Crippen LogP contribution in [0.1, 0.15) is 6.42 Å². The third kappa shape index (κ3) is 1.76. The fourth-order valence-electron chi connectivity index (χ4n) is 0.940. The summed E-state index contributed by atoms with van der Waals surface area (Å²) in [6.07, 6.45) is 2.15. The highest BCUT2D eigenvalue weighted by molar-refractivity contribution is 6.58. The highest BCUT2D eigenvalue weighted by Crippen LogP contribution is 2.26. The Balaban J connectivity index is 2.78. The van der Waals surface area contributed by atoms with Gasteiger partial charge in [0.2, 0.25) is 0 Å². The van der Waals surface area contributed by atoms with Crippen molar-refractivity contribution in [3.8, 4) is 0 Å². The largest absolute Gasteiger partial charge is 0.274 e. The Morgan fingerprint density at radius 1 is 1.23 bits per heavy atom. The molecular formula is C8H7Cl2NO2. The average Bonchev–Trinajstić information content (AvgIpc) is 2.30. The molecule has 0 aromatic heterocycles. The van der Waals surface area contributed by atoms with Crippen LogP contribution < -0.4 is 0 Å². The van der Waals surface area contributed by atoms with Gasteiger partial charge in [0.15, 0.2) is 0 Å². The highest BCUT2D eigenvalue weighted by atomic mass is 35.5. The molecule has 0 saturated heterocycles. The lowest BCUT2D eigenvalue weighted by Crippen LogP contribution is -2.31. The summed E-state index contributed by atoms with van der Waals surface area (Å²) in [5.74, 6) is -1.06. The zero-order chi connectivity index (χ0) is 10.0. The molecule has 0 aliphatic carbocycles. The molecule has 1 aliphatic rings. The summed E-state index contributed by atoms with van der Waals surface area (Å²) < 4.78 is 0. The SMILES string of the molecule is C=CCCN1C(=O)C(Cl)=C(Cl)C1=O. The molecule has 1 rings (SSSR count). The van der Waals surface area contributed by atoms with Gasteiger partial charge in [-0.1, -0.05) is 29.3 Å². The maximum absolute atomic E-state index is 11.2. The van der Waals surface area contributed by atoms with Crippen molar-refractivity contribution in [1.82, 2.24) is 4.90 Å². The van der Waals surface area contributed by atoms with Crippen molar-refractivity contribution in [2.45, 2.75) is 6.42 Å². The molecule has 0 unspecified atom stereocenters. The molecule has 0 atom stereocenters. The van der Waals surface area contributed by atoms with Crippen LogP contribution >= 0.6 is 23.2 Å². The lowest BCUT2D eigenvalue weighted by Gasteiger charge is -2.11. The van der Waals surface area contributed by atoms with Gasteiger partial charge in [-0.05, 0) is 6.42 Å². The minimum Gasteiger partial charge on any atom is -0.272 e. The van der Waals surface area contributed by atoms with E-state index in [1.807, 2.05) is 0 Å². The molecule has 0 spiro atoms. The molecule has 5 heteroatoms. The van der Waals surface area contributed by atoms with Crippen LogP contribution in [0, 0.1) is 0 Å². The number of halogens is 2. The molecule has 0 saturated carbocycles. The van der Waals surface area contributed by atoms with E-state index in [9.17, 15) is 9.59 Å². The van der Waals surface area contributed by atoms with Crippen molar-refractivity contribution in [2.75, 3.05) is 6.54 Å². The lowest BCUT2D eigenvalue weighted by molar-refractivity contribution is -0.137. The summed E-state index contributed by atoms with van der Waals surface area (Å²) in [6, 6.07) is 0. The summed E-state index contributed by atoms with van der Waals surface area (Å²) in [6.45, 7) is 3.75. The third-order valence-corrected chi connectivity index (χ3v) is 2.41. The van der Waals surface area contributed by atoms with E-state index in [0.717, 1.165) is 4.90 Å². The van der Waals surface area contributed by atoms with Gasteiger partial charge in [-0.2, -0.15) is 0 Å². The number of carbonyl (C=O) groups is 2. The van der Waals surface area contributed by atoms with Gasteiger partial charge in [0.05, 0.1) is 0 Å². The van der Waals surface area contributed by atoms with E-state index in [4.69, 9.17) is 23.2 Å². The Morgan fingerprint density at radius 2 is 1.69 bits per heavy atom. The first-order valence-electron chi connectivity index (χ1n) is 3.62. The van der Waals surface area contributed by atoms with Crippen molar-refractivity contribution in [2.24, 2.45) is 0 Å². The van der Waals surface area contributed by atoms with E-state index in [1.165, 1.54) is 0 Å². The second-order valence-electron chi connectivity index (χ2n) is 2.47. The molecule has 1 aliphatic heterocycles. The number of hydrogen-bond acceptors (Lipinski definition) is 2. The van der Waals surface area contributed by atoms with E-state index in [-0.39, 0.29) is 16.6 Å². The maximum atomic E-state index is 11.2. The predicted molar refractivity (Wildman–Crippen MR) is 50.3 cm³/mol. The first-order chi connectivity index (χ1) is 6.09. The van der Waals surface area contributed by atoms with Crippen molar-refractivity contribution in [3.05, 3.63) is 22.7 Å². The Labute approximate surface area is 85.6 Å². The number of amides is 2. The number of rotatable bonds is 3. The average molecular weight is 220 g/mol. The number of carbonyl (C=O) groups excluding carboxylic acids is 2. The Kier molecular flexibility index (Phi) is 3.12. The highest BCUT2D eigenvalue weighted by Gasteiger charge is 2.35. The molecule has 0 bridgehead atoms. The summed E-state index contributed by atoms with van der Waals surface area (Å²) in [5, 5.41) is -0.397. The summed E-state index contributed by atoms with van der Waals surface area (Å²) >= 11 is 11.0. The molecular weight excluding hydrogens is 213 g/mol. The first kappa shape index (κ1) is 10.3. The first-order valence-corrected chi connectivity index (χ1v) is 4.37. The second kappa shape index (κ2) is 3.94. The molecule has 0 aromatic rings. The number of imide groups is 1. The van der Waals surface area contributed by atoms with Crippen molar-refractivity contribution < 1.29 is 9.59 Å². The van der Waals surface area contributed by atoms with Gasteiger partial charge in [-0.3, -0.25) is 14.5 Å². The summed E-state index contributed by atoms with van der Waals surface area (Å²) in [5.41, 5.74) is 0. The van der Waals surface area contributed by atoms with Crippen molar-refractivity contribution >= 4 is 35.0 Å². The molecule has 70 valence electrons. The third-order valence-electron chi connectivity index (χ3n) is 1.62. The molecule has 13 heavy (non-hydrogen) atoms. The van der Waals surface area contributed by atoms with Crippen molar-refractivity contribution in [3.63, 3.8) is 0 Å². The van der Waals surface area contributed by atoms with Crippen LogP contribution in [0.25, 0.3) is 0 Å². The topological polar surface area (TPSA) is 37.4 Å². The fraction of sp³-hybridized carbons (Fsp3) is 0.250. The predicted octanol–water partition coefficient (Wildman–Crippen LogP) is 1.62. The van der Waals surface area contributed by atoms with E-state index >= 15 is 0 Å². The Hall–Kier alpha value is -0.800. The van der Waals surface area contributed by atoms with Gasteiger partial charge >= 0.3 is 0 Å². The second-order valence-corrected chi connectivity index (χ2v) is 3.22. The zero-order valence-electron chi connectivity index (χ0n) is 6.72. The van der Waals surface area contributed by atoms with Crippen LogP contribution in [0.5, 0.6) is 0 Å². The number of nitrogens with zero attached hydrogens (tertiary/aromatic N) is 1. The quantitative estimate of drug-likeness (QED) is 0.535. The van der Waals surface area contributed by atoms with Gasteiger partial charge in [-0.25, -0.2) is 0 Å². The molecule has 1 heterocycles. The van der Waals surface area contributed by atoms with Gasteiger partial charge in [0.25, 0.3) is 11.8 Å². The fourth-order valence-corrected chi connectivity index (χ4v) is 1.31. The van der Waals surface area contributed by atoms with Gasteiger partial charge in [0, 0.05) is 6.54 Å². The minimum atomic E-state index is -0.529. The monoisotopic (exact) mass is 219 g/mol. The lowest BCUT2D eigenvalue weighted by atomic mass is 10.4. The maximum Gasteiger partial charge on any atom is 0.274 e. The van der Waals surface area contributed by atoms with Gasteiger partial charge in [0.1, 0.15) is 10.1 Å². The molecule has 0 aromatic carbocycles. The van der Waals surface area contributed by atoms with Crippen molar-refractivity contribution in [1.29, 1.82) is 0 Å². The molecule has 0 N–H and O–H groups in total. The normalized spacial score (nSPS) is 17.2. The van der Waals surface area contributed by atoms with Crippen LogP contribution in [0.15, 0.2) is 22.7 Å². The summed E-state index contributed by atoms with van der Waals surface area (Å²) in [7, 11) is 0. The molecule has 0 radical (unpaired) electrons. The van der Waals surface area contributed by atoms with Crippen LogP contribution in [-0.2, 0) is 9.59 Å². The van der Waals surface area contributed by atoms with E-state index in [1.54, 1.807) is 6.08 Å². The van der Waals surface area contributed by atoms with Crippen LogP contribution in [0.4, 0.5) is 0 Å². The van der Waals surface area contributed by atoms with Crippen LogP contribution in [0.2, 0.25) is 0 Å². The molecule has 2 amide bonds. The number of hydrogen-bond donors (Lipinski definition) is 0. The zero-order valence-corrected chi connectivity index (χ0v) is 8.23. The van der Waals surface area contributed by atoms with E-state index in [0.29, 0.717) is 6.42 Å². The Morgan fingerprint density at radius 3 is 2.08 bits per heavy atom.